The molecular weight excluding hydrogens is 392 g/mol. The molecular formula is C20H17BrN4O. The van der Waals surface area contributed by atoms with Gasteiger partial charge in [-0.25, -0.2) is 5.43 Å². The SMILES string of the molecule is Cc1c(-c2ccccc2)n[nH]c1C(=O)NN=CC(Br)=Cc1ccccc1. The van der Waals surface area contributed by atoms with Crippen LogP contribution in [0.25, 0.3) is 17.3 Å². The van der Waals surface area contributed by atoms with Gasteiger partial charge in [-0.2, -0.15) is 10.2 Å². The van der Waals surface area contributed by atoms with Crippen molar-refractivity contribution in [2.75, 3.05) is 0 Å². The summed E-state index contributed by atoms with van der Waals surface area (Å²) in [6, 6.07) is 19.5. The van der Waals surface area contributed by atoms with Gasteiger partial charge in [0, 0.05) is 15.6 Å². The summed E-state index contributed by atoms with van der Waals surface area (Å²) in [5.41, 5.74) is 6.43. The normalized spacial score (nSPS) is 11.7. The summed E-state index contributed by atoms with van der Waals surface area (Å²) in [5, 5.41) is 11.0. The van der Waals surface area contributed by atoms with Gasteiger partial charge in [-0.1, -0.05) is 60.7 Å². The van der Waals surface area contributed by atoms with Crippen LogP contribution in [0.1, 0.15) is 21.6 Å². The molecule has 26 heavy (non-hydrogen) atoms. The number of hydrogen-bond acceptors (Lipinski definition) is 3. The van der Waals surface area contributed by atoms with Gasteiger partial charge in [0.15, 0.2) is 0 Å². The van der Waals surface area contributed by atoms with Gasteiger partial charge in [0.1, 0.15) is 5.69 Å². The molecule has 0 aliphatic carbocycles. The zero-order chi connectivity index (χ0) is 18.4. The highest BCUT2D eigenvalue weighted by Crippen LogP contribution is 2.22. The van der Waals surface area contributed by atoms with Crippen molar-refractivity contribution in [1.82, 2.24) is 15.6 Å². The minimum atomic E-state index is -0.339. The monoisotopic (exact) mass is 408 g/mol. The van der Waals surface area contributed by atoms with E-state index in [2.05, 4.69) is 36.7 Å². The number of aromatic nitrogens is 2. The van der Waals surface area contributed by atoms with E-state index in [1.165, 1.54) is 6.21 Å². The first-order valence-corrected chi connectivity index (χ1v) is 8.80. The van der Waals surface area contributed by atoms with Crippen molar-refractivity contribution in [2.24, 2.45) is 5.10 Å². The fraction of sp³-hybridized carbons (Fsp3) is 0.0500. The summed E-state index contributed by atoms with van der Waals surface area (Å²) in [7, 11) is 0. The first kappa shape index (κ1) is 17.8. The first-order chi connectivity index (χ1) is 12.6. The van der Waals surface area contributed by atoms with Crippen molar-refractivity contribution < 1.29 is 4.79 Å². The molecule has 130 valence electrons. The molecule has 0 unspecified atom stereocenters. The van der Waals surface area contributed by atoms with Crippen LogP contribution in [0.3, 0.4) is 0 Å². The van der Waals surface area contributed by atoms with Gasteiger partial charge in [0.05, 0.1) is 11.9 Å². The van der Waals surface area contributed by atoms with Crippen LogP contribution in [-0.4, -0.2) is 22.3 Å². The number of carbonyl (C=O) groups is 1. The van der Waals surface area contributed by atoms with Crippen LogP contribution in [0.15, 0.2) is 70.2 Å². The summed E-state index contributed by atoms with van der Waals surface area (Å²) in [4.78, 5) is 12.3. The predicted molar refractivity (Wildman–Crippen MR) is 108 cm³/mol. The first-order valence-electron chi connectivity index (χ1n) is 8.01. The molecule has 1 amide bonds. The van der Waals surface area contributed by atoms with Crippen LogP contribution in [0.2, 0.25) is 0 Å². The Morgan fingerprint density at radius 2 is 1.77 bits per heavy atom. The second kappa shape index (κ2) is 8.40. The van der Waals surface area contributed by atoms with Crippen LogP contribution < -0.4 is 5.43 Å². The van der Waals surface area contributed by atoms with Crippen molar-refractivity contribution in [2.45, 2.75) is 6.92 Å². The molecule has 1 aromatic heterocycles. The van der Waals surface area contributed by atoms with Gasteiger partial charge in [-0.05, 0) is 34.5 Å². The highest BCUT2D eigenvalue weighted by atomic mass is 79.9. The Bertz CT molecular complexity index is 946. The second-order valence-electron chi connectivity index (χ2n) is 5.58. The Kier molecular flexibility index (Phi) is 5.76. The van der Waals surface area contributed by atoms with Crippen molar-refractivity contribution in [3.63, 3.8) is 0 Å². The number of amides is 1. The molecule has 3 rings (SSSR count). The van der Waals surface area contributed by atoms with Crippen LogP contribution in [-0.2, 0) is 0 Å². The Labute approximate surface area is 160 Å². The third-order valence-electron chi connectivity index (χ3n) is 3.74. The maximum atomic E-state index is 12.3. The lowest BCUT2D eigenvalue weighted by Gasteiger charge is -2.00. The van der Waals surface area contributed by atoms with E-state index in [0.717, 1.165) is 26.9 Å². The Balaban J connectivity index is 1.67. The Morgan fingerprint density at radius 1 is 1.12 bits per heavy atom. The number of H-pyrrole nitrogens is 1. The highest BCUT2D eigenvalue weighted by molar-refractivity contribution is 9.12. The molecule has 5 nitrogen and oxygen atoms in total. The highest BCUT2D eigenvalue weighted by Gasteiger charge is 2.16. The number of hydrazone groups is 1. The van der Waals surface area contributed by atoms with Crippen LogP contribution in [0, 0.1) is 6.92 Å². The molecule has 0 spiro atoms. The lowest BCUT2D eigenvalue weighted by Crippen LogP contribution is -2.19. The van der Waals surface area contributed by atoms with Crippen molar-refractivity contribution in [3.05, 3.63) is 82.0 Å². The van der Waals surface area contributed by atoms with Gasteiger partial charge in [-0.3, -0.25) is 9.89 Å². The van der Waals surface area contributed by atoms with E-state index in [1.54, 1.807) is 0 Å². The van der Waals surface area contributed by atoms with E-state index in [4.69, 9.17) is 0 Å². The number of hydrogen-bond donors (Lipinski definition) is 2. The molecule has 1 heterocycles. The van der Waals surface area contributed by atoms with E-state index in [-0.39, 0.29) is 5.91 Å². The van der Waals surface area contributed by atoms with Crippen LogP contribution in [0.5, 0.6) is 0 Å². The Hall–Kier alpha value is -2.99. The van der Waals surface area contributed by atoms with E-state index in [0.29, 0.717) is 5.69 Å². The van der Waals surface area contributed by atoms with Gasteiger partial charge in [0.25, 0.3) is 5.91 Å². The number of carbonyl (C=O) groups excluding carboxylic acids is 1. The van der Waals surface area contributed by atoms with E-state index >= 15 is 0 Å². The van der Waals surface area contributed by atoms with Gasteiger partial charge >= 0.3 is 0 Å². The summed E-state index contributed by atoms with van der Waals surface area (Å²) in [6.45, 7) is 1.86. The summed E-state index contributed by atoms with van der Waals surface area (Å²) in [5.74, 6) is -0.339. The third kappa shape index (κ3) is 4.34. The third-order valence-corrected chi connectivity index (χ3v) is 4.18. The number of benzene rings is 2. The molecule has 0 fully saturated rings. The van der Waals surface area contributed by atoms with E-state index in [9.17, 15) is 4.79 Å². The fourth-order valence-electron chi connectivity index (χ4n) is 2.45. The largest absolute Gasteiger partial charge is 0.289 e. The van der Waals surface area contributed by atoms with Crippen molar-refractivity contribution >= 4 is 34.1 Å². The number of halogens is 1. The van der Waals surface area contributed by atoms with Crippen molar-refractivity contribution in [1.29, 1.82) is 0 Å². The van der Waals surface area contributed by atoms with Crippen LogP contribution >= 0.6 is 15.9 Å². The number of aromatic amines is 1. The number of rotatable bonds is 5. The average Bonchev–Trinajstić information content (AvgIpc) is 3.04. The molecule has 0 aliphatic rings. The molecule has 0 aliphatic heterocycles. The maximum Gasteiger partial charge on any atom is 0.289 e. The van der Waals surface area contributed by atoms with E-state index in [1.807, 2.05) is 73.7 Å². The molecule has 3 aromatic rings. The summed E-state index contributed by atoms with van der Waals surface area (Å²) < 4.78 is 0.746. The lowest BCUT2D eigenvalue weighted by atomic mass is 10.1. The molecule has 2 N–H and O–H groups in total. The van der Waals surface area contributed by atoms with Gasteiger partial charge in [-0.15, -0.1) is 0 Å². The molecule has 0 saturated heterocycles. The zero-order valence-corrected chi connectivity index (χ0v) is 15.7. The number of nitrogens with zero attached hydrogens (tertiary/aromatic N) is 2. The summed E-state index contributed by atoms with van der Waals surface area (Å²) in [6.07, 6.45) is 3.44. The number of allylic oxidation sites excluding steroid dienone is 1. The van der Waals surface area contributed by atoms with E-state index < -0.39 is 0 Å². The molecule has 0 radical (unpaired) electrons. The molecule has 6 heteroatoms. The smallest absolute Gasteiger partial charge is 0.272 e. The quantitative estimate of drug-likeness (QED) is 0.480. The lowest BCUT2D eigenvalue weighted by molar-refractivity contribution is 0.0949. The van der Waals surface area contributed by atoms with Crippen molar-refractivity contribution in [3.8, 4) is 11.3 Å². The topological polar surface area (TPSA) is 70.1 Å². The molecule has 0 saturated carbocycles. The predicted octanol–water partition coefficient (Wildman–Crippen LogP) is 4.54. The minimum Gasteiger partial charge on any atom is -0.272 e. The average molecular weight is 409 g/mol. The fourth-order valence-corrected chi connectivity index (χ4v) is 2.82. The standard InChI is InChI=1S/C20H17BrN4O/c1-14-18(16-10-6-3-7-11-16)23-24-19(14)20(26)25-22-13-17(21)12-15-8-4-2-5-9-15/h2-13H,1H3,(H,23,24)(H,25,26). The molecule has 0 atom stereocenters. The van der Waals surface area contributed by atoms with Gasteiger partial charge < -0.3 is 0 Å². The second-order valence-corrected chi connectivity index (χ2v) is 6.49. The Morgan fingerprint density at radius 3 is 2.46 bits per heavy atom. The number of nitrogens with one attached hydrogen (secondary N) is 2. The maximum absolute atomic E-state index is 12.3. The molecule has 2 aromatic carbocycles. The van der Waals surface area contributed by atoms with Gasteiger partial charge in [0.2, 0.25) is 0 Å². The summed E-state index contributed by atoms with van der Waals surface area (Å²) >= 11 is 3.41. The molecule has 0 bridgehead atoms. The minimum absolute atomic E-state index is 0.339. The van der Waals surface area contributed by atoms with Crippen LogP contribution in [0.4, 0.5) is 0 Å². The zero-order valence-electron chi connectivity index (χ0n) is 14.1.